The van der Waals surface area contributed by atoms with Gasteiger partial charge in [0.1, 0.15) is 11.5 Å². The first-order valence-corrected chi connectivity index (χ1v) is 4.91. The number of anilines is 2. The summed E-state index contributed by atoms with van der Waals surface area (Å²) in [5, 5.41) is 0. The van der Waals surface area contributed by atoms with E-state index in [1.807, 2.05) is 18.9 Å². The predicted molar refractivity (Wildman–Crippen MR) is 58.1 cm³/mol. The molecule has 0 bridgehead atoms. The van der Waals surface area contributed by atoms with Gasteiger partial charge < -0.3 is 9.80 Å². The van der Waals surface area contributed by atoms with Crippen molar-refractivity contribution in [3.05, 3.63) is 12.0 Å². The van der Waals surface area contributed by atoms with E-state index < -0.39 is 0 Å². The summed E-state index contributed by atoms with van der Waals surface area (Å²) < 4.78 is 0. The Kier molecular flexibility index (Phi) is 2.30. The van der Waals surface area contributed by atoms with E-state index in [-0.39, 0.29) is 5.91 Å². The van der Waals surface area contributed by atoms with E-state index >= 15 is 0 Å². The van der Waals surface area contributed by atoms with E-state index in [0.29, 0.717) is 13.0 Å². The van der Waals surface area contributed by atoms with E-state index in [9.17, 15) is 4.79 Å². The normalized spacial score (nSPS) is 16.3. The molecule has 0 radical (unpaired) electrons. The number of amides is 1. The van der Waals surface area contributed by atoms with Gasteiger partial charge in [-0.05, 0) is 6.92 Å². The van der Waals surface area contributed by atoms with Gasteiger partial charge in [0.05, 0.1) is 6.20 Å². The Hall–Kier alpha value is -1.65. The number of aromatic nitrogens is 2. The Morgan fingerprint density at radius 3 is 2.87 bits per heavy atom. The second kappa shape index (κ2) is 3.49. The van der Waals surface area contributed by atoms with Crippen LogP contribution in [0.2, 0.25) is 0 Å². The Morgan fingerprint density at radius 2 is 2.13 bits per heavy atom. The van der Waals surface area contributed by atoms with Crippen molar-refractivity contribution in [3.8, 4) is 0 Å². The molecule has 80 valence electrons. The lowest BCUT2D eigenvalue weighted by Crippen LogP contribution is -2.25. The molecule has 1 aliphatic rings. The van der Waals surface area contributed by atoms with Crippen molar-refractivity contribution in [2.75, 3.05) is 30.4 Å². The third-order valence-electron chi connectivity index (χ3n) is 2.63. The van der Waals surface area contributed by atoms with Crippen LogP contribution in [0.1, 0.15) is 12.2 Å². The molecule has 0 unspecified atom stereocenters. The lowest BCUT2D eigenvalue weighted by molar-refractivity contribution is -0.118. The zero-order chi connectivity index (χ0) is 11.0. The second-order valence-electron chi connectivity index (χ2n) is 3.75. The molecule has 0 spiro atoms. The summed E-state index contributed by atoms with van der Waals surface area (Å²) in [6.45, 7) is 2.55. The molecule has 1 aliphatic heterocycles. The quantitative estimate of drug-likeness (QED) is 0.623. The number of hydrogen-bond acceptors (Lipinski definition) is 4. The maximum Gasteiger partial charge on any atom is 0.228 e. The molecule has 0 saturated carbocycles. The van der Waals surface area contributed by atoms with Crippen LogP contribution in [0.3, 0.4) is 0 Å². The molecule has 0 fully saturated rings. The molecule has 0 N–H and O–H groups in total. The van der Waals surface area contributed by atoms with Crippen LogP contribution in [-0.4, -0.2) is 36.5 Å². The van der Waals surface area contributed by atoms with Gasteiger partial charge in [0.25, 0.3) is 0 Å². The molecule has 0 aromatic carbocycles. The van der Waals surface area contributed by atoms with Gasteiger partial charge in [-0.2, -0.15) is 0 Å². The van der Waals surface area contributed by atoms with E-state index in [1.54, 1.807) is 18.1 Å². The number of fused-ring (bicyclic) bond motifs is 1. The van der Waals surface area contributed by atoms with Crippen LogP contribution in [0.4, 0.5) is 11.5 Å². The maximum absolute atomic E-state index is 11.7. The molecule has 0 saturated heterocycles. The average Bonchev–Trinajstić information content (AvgIpc) is 2.32. The van der Waals surface area contributed by atoms with Gasteiger partial charge in [-0.25, -0.2) is 9.97 Å². The van der Waals surface area contributed by atoms with Crippen LogP contribution in [0.15, 0.2) is 6.20 Å². The molecule has 0 aliphatic carbocycles. The minimum absolute atomic E-state index is 0.105. The Balaban J connectivity index is 2.54. The van der Waals surface area contributed by atoms with Gasteiger partial charge in [0.2, 0.25) is 5.91 Å². The summed E-state index contributed by atoms with van der Waals surface area (Å²) in [7, 11) is 3.71. The van der Waals surface area contributed by atoms with Crippen LogP contribution in [0.25, 0.3) is 0 Å². The van der Waals surface area contributed by atoms with Crippen LogP contribution < -0.4 is 9.80 Å². The average molecular weight is 206 g/mol. The molecule has 5 heteroatoms. The lowest BCUT2D eigenvalue weighted by Gasteiger charge is -2.19. The monoisotopic (exact) mass is 206 g/mol. The van der Waals surface area contributed by atoms with Crippen LogP contribution >= 0.6 is 0 Å². The van der Waals surface area contributed by atoms with E-state index in [1.165, 1.54) is 0 Å². The molecular formula is C10H14N4O. The fourth-order valence-corrected chi connectivity index (χ4v) is 1.64. The van der Waals surface area contributed by atoms with Crippen LogP contribution in [-0.2, 0) is 4.79 Å². The molecular weight excluding hydrogens is 192 g/mol. The maximum atomic E-state index is 11.7. The van der Waals surface area contributed by atoms with E-state index in [2.05, 4.69) is 9.97 Å². The summed E-state index contributed by atoms with van der Waals surface area (Å²) in [5.74, 6) is 1.66. The van der Waals surface area contributed by atoms with Gasteiger partial charge in [-0.3, -0.25) is 4.79 Å². The fraction of sp³-hybridized carbons (Fsp3) is 0.500. The summed E-state index contributed by atoms with van der Waals surface area (Å²) in [6.07, 6.45) is 2.22. The molecule has 1 amide bonds. The highest BCUT2D eigenvalue weighted by atomic mass is 16.2. The van der Waals surface area contributed by atoms with E-state index in [0.717, 1.165) is 17.3 Å². The zero-order valence-corrected chi connectivity index (χ0v) is 9.19. The predicted octanol–water partition coefficient (Wildman–Crippen LogP) is 0.588. The van der Waals surface area contributed by atoms with Gasteiger partial charge in [0, 0.05) is 27.1 Å². The number of hydrogen-bond donors (Lipinski definition) is 0. The molecule has 1 aromatic rings. The number of aryl methyl sites for hydroxylation is 1. The largest absolute Gasteiger partial charge is 0.357 e. The number of carbonyl (C=O) groups is 1. The summed E-state index contributed by atoms with van der Waals surface area (Å²) in [4.78, 5) is 23.7. The minimum atomic E-state index is 0.105. The van der Waals surface area contributed by atoms with Crippen molar-refractivity contribution in [3.63, 3.8) is 0 Å². The number of nitrogens with zero attached hydrogens (tertiary/aromatic N) is 4. The first kappa shape index (κ1) is 9.89. The number of carbonyl (C=O) groups excluding carboxylic acids is 1. The standard InChI is InChI=1S/C10H14N4O/c1-7-11-6-8-10(12-7)13(2)5-4-9(15)14(8)3/h6H,4-5H2,1-3H3. The SMILES string of the molecule is Cc1ncc2c(n1)N(C)CCC(=O)N2C. The topological polar surface area (TPSA) is 49.3 Å². The van der Waals surface area contributed by atoms with Crippen molar-refractivity contribution in [2.24, 2.45) is 0 Å². The van der Waals surface area contributed by atoms with Gasteiger partial charge in [-0.1, -0.05) is 0 Å². The molecule has 1 aromatic heterocycles. The Morgan fingerprint density at radius 1 is 1.40 bits per heavy atom. The van der Waals surface area contributed by atoms with Crippen LogP contribution in [0, 0.1) is 6.92 Å². The summed E-state index contributed by atoms with van der Waals surface area (Å²) in [6, 6.07) is 0. The minimum Gasteiger partial charge on any atom is -0.357 e. The molecule has 0 atom stereocenters. The van der Waals surface area contributed by atoms with Gasteiger partial charge in [-0.15, -0.1) is 0 Å². The van der Waals surface area contributed by atoms with Crippen molar-refractivity contribution in [1.82, 2.24) is 9.97 Å². The Bertz CT molecular complexity index is 404. The molecule has 15 heavy (non-hydrogen) atoms. The third-order valence-corrected chi connectivity index (χ3v) is 2.63. The Labute approximate surface area is 88.7 Å². The highest BCUT2D eigenvalue weighted by Crippen LogP contribution is 2.27. The molecule has 2 heterocycles. The first-order valence-electron chi connectivity index (χ1n) is 4.91. The number of rotatable bonds is 0. The zero-order valence-electron chi connectivity index (χ0n) is 9.19. The van der Waals surface area contributed by atoms with Crippen LogP contribution in [0.5, 0.6) is 0 Å². The summed E-state index contributed by atoms with van der Waals surface area (Å²) >= 11 is 0. The first-order chi connectivity index (χ1) is 7.09. The van der Waals surface area contributed by atoms with Gasteiger partial charge >= 0.3 is 0 Å². The smallest absolute Gasteiger partial charge is 0.228 e. The van der Waals surface area contributed by atoms with Crippen molar-refractivity contribution in [2.45, 2.75) is 13.3 Å². The highest BCUT2D eigenvalue weighted by molar-refractivity contribution is 5.97. The molecule has 2 rings (SSSR count). The van der Waals surface area contributed by atoms with Gasteiger partial charge in [0.15, 0.2) is 5.82 Å². The highest BCUT2D eigenvalue weighted by Gasteiger charge is 2.23. The van der Waals surface area contributed by atoms with Crippen molar-refractivity contribution in [1.29, 1.82) is 0 Å². The fourth-order valence-electron chi connectivity index (χ4n) is 1.64. The second-order valence-corrected chi connectivity index (χ2v) is 3.75. The third kappa shape index (κ3) is 1.65. The lowest BCUT2D eigenvalue weighted by atomic mass is 10.4. The van der Waals surface area contributed by atoms with E-state index in [4.69, 9.17) is 0 Å². The summed E-state index contributed by atoms with van der Waals surface area (Å²) in [5.41, 5.74) is 0.783. The van der Waals surface area contributed by atoms with Crippen molar-refractivity contribution >= 4 is 17.4 Å². The van der Waals surface area contributed by atoms with Crippen molar-refractivity contribution < 1.29 is 4.79 Å². The molecule has 5 nitrogen and oxygen atoms in total.